The first-order valence-corrected chi connectivity index (χ1v) is 11.5. The molecule has 2 aliphatic rings. The van der Waals surface area contributed by atoms with Crippen molar-refractivity contribution in [3.63, 3.8) is 0 Å². The summed E-state index contributed by atoms with van der Waals surface area (Å²) in [6.45, 7) is 2.87. The number of carbonyl (C=O) groups is 2. The minimum atomic E-state index is -4.46. The maximum atomic E-state index is 13.1. The highest BCUT2D eigenvalue weighted by atomic mass is 32.1. The SMILES string of the molecule is CCOC(=O)N1CCc2c(sc3c2C(=O)NC(c2ccc(-c4cccc(C(F)(F)F)c4)o2)N3)C1. The Balaban J connectivity index is 1.37. The Labute approximate surface area is 196 Å². The van der Waals surface area contributed by atoms with Gasteiger partial charge in [0.05, 0.1) is 24.3 Å². The number of amides is 2. The highest BCUT2D eigenvalue weighted by Crippen LogP contribution is 2.41. The third kappa shape index (κ3) is 4.00. The van der Waals surface area contributed by atoms with E-state index in [0.717, 1.165) is 22.6 Å². The molecule has 178 valence electrons. The summed E-state index contributed by atoms with van der Waals surface area (Å²) in [5.74, 6) is 0.363. The van der Waals surface area contributed by atoms with E-state index in [1.165, 1.54) is 23.5 Å². The molecule has 1 aromatic carbocycles. The number of hydrogen-bond acceptors (Lipinski definition) is 6. The lowest BCUT2D eigenvalue weighted by Gasteiger charge is -2.27. The molecule has 0 aliphatic carbocycles. The predicted molar refractivity (Wildman–Crippen MR) is 118 cm³/mol. The number of anilines is 1. The molecule has 0 bridgehead atoms. The van der Waals surface area contributed by atoms with Gasteiger partial charge in [0.25, 0.3) is 5.91 Å². The van der Waals surface area contributed by atoms with Crippen molar-refractivity contribution in [2.75, 3.05) is 18.5 Å². The number of thiophene rings is 1. The van der Waals surface area contributed by atoms with Crippen LogP contribution in [0.5, 0.6) is 0 Å². The smallest absolute Gasteiger partial charge is 0.416 e. The number of nitrogens with zero attached hydrogens (tertiary/aromatic N) is 1. The third-order valence-corrected chi connectivity index (χ3v) is 6.89. The van der Waals surface area contributed by atoms with Crippen molar-refractivity contribution in [2.24, 2.45) is 0 Å². The van der Waals surface area contributed by atoms with Gasteiger partial charge in [-0.25, -0.2) is 4.79 Å². The standard InChI is InChI=1S/C23H20F3N3O4S/c1-2-32-22(31)29-9-8-14-17(11-29)34-21-18(14)20(30)27-19(28-21)16-7-6-15(33-16)12-4-3-5-13(10-12)23(24,25)26/h3-7,10,19,28H,2,8-9,11H2,1H3,(H,27,30). The lowest BCUT2D eigenvalue weighted by atomic mass is 10.0. The second-order valence-corrected chi connectivity index (χ2v) is 9.01. The van der Waals surface area contributed by atoms with Crippen LogP contribution in [0, 0.1) is 0 Å². The van der Waals surface area contributed by atoms with Crippen molar-refractivity contribution >= 4 is 28.3 Å². The van der Waals surface area contributed by atoms with Crippen molar-refractivity contribution in [3.05, 3.63) is 63.7 Å². The zero-order valence-electron chi connectivity index (χ0n) is 18.0. The van der Waals surface area contributed by atoms with Crippen molar-refractivity contribution < 1.29 is 31.9 Å². The summed E-state index contributed by atoms with van der Waals surface area (Å²) >= 11 is 1.40. The molecule has 7 nitrogen and oxygen atoms in total. The van der Waals surface area contributed by atoms with Gasteiger partial charge in [-0.15, -0.1) is 11.3 Å². The summed E-state index contributed by atoms with van der Waals surface area (Å²) in [6.07, 6.45) is -4.98. The minimum Gasteiger partial charge on any atom is -0.457 e. The van der Waals surface area contributed by atoms with Gasteiger partial charge >= 0.3 is 12.3 Å². The van der Waals surface area contributed by atoms with Gasteiger partial charge in [0.1, 0.15) is 16.5 Å². The van der Waals surface area contributed by atoms with Crippen molar-refractivity contribution in [1.29, 1.82) is 0 Å². The Morgan fingerprint density at radius 1 is 1.26 bits per heavy atom. The summed E-state index contributed by atoms with van der Waals surface area (Å²) < 4.78 is 50.0. The molecular formula is C23H20F3N3O4S. The van der Waals surface area contributed by atoms with E-state index in [0.29, 0.717) is 42.4 Å². The zero-order chi connectivity index (χ0) is 24.0. The van der Waals surface area contributed by atoms with E-state index >= 15 is 0 Å². The van der Waals surface area contributed by atoms with Crippen LogP contribution in [0.4, 0.5) is 23.0 Å². The summed E-state index contributed by atoms with van der Waals surface area (Å²) in [4.78, 5) is 27.5. The van der Waals surface area contributed by atoms with Crippen LogP contribution in [-0.2, 0) is 23.9 Å². The van der Waals surface area contributed by atoms with Gasteiger partial charge in [-0.05, 0) is 43.2 Å². The number of fused-ring (bicyclic) bond motifs is 3. The van der Waals surface area contributed by atoms with Gasteiger partial charge in [-0.3, -0.25) is 4.79 Å². The Morgan fingerprint density at radius 3 is 2.85 bits per heavy atom. The van der Waals surface area contributed by atoms with E-state index in [4.69, 9.17) is 9.15 Å². The number of furan rings is 1. The minimum absolute atomic E-state index is 0.262. The van der Waals surface area contributed by atoms with Gasteiger partial charge in [0.2, 0.25) is 0 Å². The number of halogens is 3. The molecule has 2 aromatic heterocycles. The molecule has 3 aromatic rings. The Kier molecular flexibility index (Phi) is 5.51. The Bertz CT molecular complexity index is 1270. The molecule has 0 radical (unpaired) electrons. The fraction of sp³-hybridized carbons (Fsp3) is 0.304. The van der Waals surface area contributed by atoms with Crippen LogP contribution in [0.2, 0.25) is 0 Å². The first-order chi connectivity index (χ1) is 16.2. The summed E-state index contributed by atoms with van der Waals surface area (Å²) in [5, 5.41) is 6.77. The Morgan fingerprint density at radius 2 is 2.09 bits per heavy atom. The fourth-order valence-corrected chi connectivity index (χ4v) is 5.43. The average Bonchev–Trinajstić information content (AvgIpc) is 3.43. The van der Waals surface area contributed by atoms with Crippen LogP contribution >= 0.6 is 11.3 Å². The highest BCUT2D eigenvalue weighted by molar-refractivity contribution is 7.16. The second kappa shape index (κ2) is 8.39. The third-order valence-electron chi connectivity index (χ3n) is 5.75. The molecular weight excluding hydrogens is 471 g/mol. The maximum absolute atomic E-state index is 13.1. The summed E-state index contributed by atoms with van der Waals surface area (Å²) in [5.41, 5.74) is 0.991. The van der Waals surface area contributed by atoms with E-state index in [-0.39, 0.29) is 23.3 Å². The molecule has 2 N–H and O–H groups in total. The Hall–Kier alpha value is -3.47. The highest BCUT2D eigenvalue weighted by Gasteiger charge is 2.35. The van der Waals surface area contributed by atoms with Crippen LogP contribution in [0.3, 0.4) is 0 Å². The van der Waals surface area contributed by atoms with E-state index in [2.05, 4.69) is 10.6 Å². The number of nitrogens with one attached hydrogen (secondary N) is 2. The number of benzene rings is 1. The maximum Gasteiger partial charge on any atom is 0.416 e. The van der Waals surface area contributed by atoms with Crippen LogP contribution in [0.25, 0.3) is 11.3 Å². The summed E-state index contributed by atoms with van der Waals surface area (Å²) in [7, 11) is 0. The fourth-order valence-electron chi connectivity index (χ4n) is 4.14. The number of hydrogen-bond donors (Lipinski definition) is 2. The molecule has 4 heterocycles. The van der Waals surface area contributed by atoms with E-state index in [1.807, 2.05) is 0 Å². The van der Waals surface area contributed by atoms with Gasteiger partial charge in [-0.2, -0.15) is 13.2 Å². The molecule has 1 unspecified atom stereocenters. The molecule has 0 fully saturated rings. The largest absolute Gasteiger partial charge is 0.457 e. The quantitative estimate of drug-likeness (QED) is 0.513. The molecule has 2 amide bonds. The van der Waals surface area contributed by atoms with Gasteiger partial charge in [0.15, 0.2) is 6.17 Å². The lowest BCUT2D eigenvalue weighted by molar-refractivity contribution is -0.137. The molecule has 0 spiro atoms. The summed E-state index contributed by atoms with van der Waals surface area (Å²) in [6, 6.07) is 8.07. The lowest BCUT2D eigenvalue weighted by Crippen LogP contribution is -2.39. The topological polar surface area (TPSA) is 83.8 Å². The van der Waals surface area contributed by atoms with Gasteiger partial charge < -0.3 is 24.7 Å². The van der Waals surface area contributed by atoms with Gasteiger partial charge in [-0.1, -0.05) is 12.1 Å². The number of ether oxygens (including phenoxy) is 1. The van der Waals surface area contributed by atoms with Crippen LogP contribution < -0.4 is 10.6 Å². The number of rotatable bonds is 3. The van der Waals surface area contributed by atoms with E-state index < -0.39 is 17.9 Å². The first-order valence-electron chi connectivity index (χ1n) is 10.7. The van der Waals surface area contributed by atoms with Crippen molar-refractivity contribution in [2.45, 2.75) is 32.2 Å². The molecule has 2 aliphatic heterocycles. The molecule has 11 heteroatoms. The van der Waals surface area contributed by atoms with E-state index in [1.54, 1.807) is 24.0 Å². The average molecular weight is 491 g/mol. The van der Waals surface area contributed by atoms with Crippen LogP contribution in [-0.4, -0.2) is 30.1 Å². The van der Waals surface area contributed by atoms with E-state index in [9.17, 15) is 22.8 Å². The normalized spacial score (nSPS) is 17.5. The first kappa shape index (κ1) is 22.3. The number of carbonyl (C=O) groups excluding carboxylic acids is 2. The molecule has 0 saturated heterocycles. The van der Waals surface area contributed by atoms with Gasteiger partial charge in [0, 0.05) is 17.0 Å². The van der Waals surface area contributed by atoms with Crippen molar-refractivity contribution in [1.82, 2.24) is 10.2 Å². The van der Waals surface area contributed by atoms with Crippen LogP contribution in [0.15, 0.2) is 40.8 Å². The molecule has 34 heavy (non-hydrogen) atoms. The molecule has 0 saturated carbocycles. The molecule has 1 atom stereocenters. The van der Waals surface area contributed by atoms with Crippen LogP contribution in [0.1, 0.15) is 45.2 Å². The monoisotopic (exact) mass is 491 g/mol. The molecule has 5 rings (SSSR count). The second-order valence-electron chi connectivity index (χ2n) is 7.91. The van der Waals surface area contributed by atoms with Crippen molar-refractivity contribution in [3.8, 4) is 11.3 Å². The number of alkyl halides is 3. The predicted octanol–water partition coefficient (Wildman–Crippen LogP) is 5.40. The zero-order valence-corrected chi connectivity index (χ0v) is 18.8.